The molecule has 1 saturated heterocycles. The lowest BCUT2D eigenvalue weighted by molar-refractivity contribution is -0.126. The highest BCUT2D eigenvalue weighted by Crippen LogP contribution is 2.34. The van der Waals surface area contributed by atoms with E-state index in [9.17, 15) is 4.79 Å². The largest absolute Gasteiger partial charge is 0.465 e. The Morgan fingerprint density at radius 2 is 2.09 bits per heavy atom. The highest BCUT2D eigenvalue weighted by molar-refractivity contribution is 6.22. The number of hydrogen-bond donors (Lipinski definition) is 0. The average molecular weight is 320 g/mol. The van der Waals surface area contributed by atoms with E-state index in [-0.39, 0.29) is 17.2 Å². The number of ether oxygens (including phenoxy) is 1. The maximum Gasteiger partial charge on any atom is 0.223 e. The molecule has 1 unspecified atom stereocenters. The van der Waals surface area contributed by atoms with E-state index in [0.29, 0.717) is 6.42 Å². The molecule has 0 N–H and O–H groups in total. The molecule has 2 rings (SSSR count). The molecule has 0 bridgehead atoms. The average Bonchev–Trinajstić information content (AvgIpc) is 2.83. The van der Waals surface area contributed by atoms with Crippen LogP contribution in [0.4, 0.5) is 0 Å². The van der Waals surface area contributed by atoms with Crippen LogP contribution in [0, 0.1) is 5.92 Å². The van der Waals surface area contributed by atoms with Crippen LogP contribution in [0.1, 0.15) is 19.8 Å². The highest BCUT2D eigenvalue weighted by atomic mass is 35.5. The Bertz CT molecular complexity index is 557. The molecule has 3 nitrogen and oxygen atoms in total. The third-order valence-corrected chi connectivity index (χ3v) is 4.06. The Morgan fingerprint density at radius 3 is 2.77 bits per heavy atom. The van der Waals surface area contributed by atoms with Crippen molar-refractivity contribution >= 4 is 17.5 Å². The summed E-state index contributed by atoms with van der Waals surface area (Å²) in [5.74, 6) is 1.16. The van der Waals surface area contributed by atoms with E-state index in [4.69, 9.17) is 16.3 Å². The summed E-state index contributed by atoms with van der Waals surface area (Å²) in [6.07, 6.45) is 16.6. The third-order valence-electron chi connectivity index (χ3n) is 3.75. The number of halogens is 1. The summed E-state index contributed by atoms with van der Waals surface area (Å²) in [5, 5.41) is -0.0260. The zero-order valence-electron chi connectivity index (χ0n) is 13.0. The van der Waals surface area contributed by atoms with Gasteiger partial charge in [-0.15, -0.1) is 11.6 Å². The van der Waals surface area contributed by atoms with Crippen molar-refractivity contribution in [3.05, 3.63) is 60.1 Å². The van der Waals surface area contributed by atoms with Gasteiger partial charge in [-0.25, -0.2) is 0 Å². The SMILES string of the molecule is C\C=C/C=C\C=C\OC1=CCC(Cl)C=C1[C@@H]1CC(=O)N(C)C1. The molecule has 1 fully saturated rings. The second kappa shape index (κ2) is 8.04. The van der Waals surface area contributed by atoms with Crippen molar-refractivity contribution in [3.8, 4) is 0 Å². The number of hydrogen-bond acceptors (Lipinski definition) is 2. The second-order valence-electron chi connectivity index (χ2n) is 5.47. The minimum absolute atomic E-state index is 0.0260. The van der Waals surface area contributed by atoms with Crippen LogP contribution in [-0.4, -0.2) is 29.8 Å². The van der Waals surface area contributed by atoms with Gasteiger partial charge >= 0.3 is 0 Å². The Hall–Kier alpha value is -1.74. The predicted octanol–water partition coefficient (Wildman–Crippen LogP) is 3.95. The Kier molecular flexibility index (Phi) is 6.08. The van der Waals surface area contributed by atoms with Crippen LogP contribution in [0.15, 0.2) is 60.1 Å². The standard InChI is InChI=1S/C18H22ClNO2/c1-3-4-5-6-7-10-22-17-9-8-15(19)12-16(17)14-11-18(21)20(2)13-14/h3-7,9-10,12,14-15H,8,11,13H2,1-2H3/b4-3-,6-5-,10-7+/t14-,15?/m1/s1. The minimum atomic E-state index is -0.0260. The molecule has 1 heterocycles. The van der Waals surface area contributed by atoms with Crippen LogP contribution in [0.2, 0.25) is 0 Å². The predicted molar refractivity (Wildman–Crippen MR) is 90.3 cm³/mol. The van der Waals surface area contributed by atoms with Crippen molar-refractivity contribution in [1.82, 2.24) is 4.90 Å². The lowest BCUT2D eigenvalue weighted by Crippen LogP contribution is -2.20. The summed E-state index contributed by atoms with van der Waals surface area (Å²) in [7, 11) is 1.83. The fourth-order valence-corrected chi connectivity index (χ4v) is 2.83. The molecule has 1 aliphatic carbocycles. The van der Waals surface area contributed by atoms with Gasteiger partial charge in [-0.2, -0.15) is 0 Å². The number of carbonyl (C=O) groups is 1. The molecule has 0 spiro atoms. The zero-order valence-corrected chi connectivity index (χ0v) is 13.8. The molecular weight excluding hydrogens is 298 g/mol. The van der Waals surface area contributed by atoms with Crippen LogP contribution >= 0.6 is 11.6 Å². The van der Waals surface area contributed by atoms with Gasteiger partial charge in [0.05, 0.1) is 11.6 Å². The first kappa shape index (κ1) is 16.6. The van der Waals surface area contributed by atoms with Crippen molar-refractivity contribution in [3.63, 3.8) is 0 Å². The maximum absolute atomic E-state index is 11.8. The van der Waals surface area contributed by atoms with E-state index in [2.05, 4.69) is 0 Å². The van der Waals surface area contributed by atoms with E-state index in [1.807, 2.05) is 56.5 Å². The topological polar surface area (TPSA) is 29.5 Å². The molecule has 22 heavy (non-hydrogen) atoms. The van der Waals surface area contributed by atoms with E-state index in [1.54, 1.807) is 11.2 Å². The van der Waals surface area contributed by atoms with Crippen LogP contribution in [0.3, 0.4) is 0 Å². The molecule has 1 amide bonds. The molecule has 0 aromatic heterocycles. The maximum atomic E-state index is 11.8. The van der Waals surface area contributed by atoms with Crippen LogP contribution < -0.4 is 0 Å². The van der Waals surface area contributed by atoms with Crippen molar-refractivity contribution in [2.24, 2.45) is 5.92 Å². The Balaban J connectivity index is 2.03. The normalized spacial score (nSPS) is 26.3. The quantitative estimate of drug-likeness (QED) is 0.436. The molecule has 4 heteroatoms. The van der Waals surface area contributed by atoms with Crippen LogP contribution in [0.5, 0.6) is 0 Å². The number of nitrogens with zero attached hydrogens (tertiary/aromatic N) is 1. The van der Waals surface area contributed by atoms with Gasteiger partial charge in [-0.05, 0) is 31.1 Å². The zero-order chi connectivity index (χ0) is 15.9. The smallest absolute Gasteiger partial charge is 0.223 e. The van der Waals surface area contributed by atoms with E-state index >= 15 is 0 Å². The third kappa shape index (κ3) is 4.38. The first-order valence-electron chi connectivity index (χ1n) is 7.53. The van der Waals surface area contributed by atoms with E-state index in [0.717, 1.165) is 24.3 Å². The Morgan fingerprint density at radius 1 is 1.32 bits per heavy atom. The lowest BCUT2D eigenvalue weighted by atomic mass is 9.91. The molecule has 2 aliphatic rings. The lowest BCUT2D eigenvalue weighted by Gasteiger charge is -2.22. The number of likely N-dealkylation sites (tertiary alicyclic amines) is 1. The van der Waals surface area contributed by atoms with Gasteiger partial charge in [-0.1, -0.05) is 30.4 Å². The van der Waals surface area contributed by atoms with Gasteiger partial charge in [0.25, 0.3) is 0 Å². The summed E-state index contributed by atoms with van der Waals surface area (Å²) in [6, 6.07) is 0. The molecule has 0 saturated carbocycles. The number of amides is 1. The fourth-order valence-electron chi connectivity index (χ4n) is 2.61. The van der Waals surface area contributed by atoms with Crippen molar-refractivity contribution in [2.45, 2.75) is 25.1 Å². The highest BCUT2D eigenvalue weighted by Gasteiger charge is 2.32. The van der Waals surface area contributed by atoms with Gasteiger partial charge < -0.3 is 9.64 Å². The molecular formula is C18H22ClNO2. The van der Waals surface area contributed by atoms with Crippen molar-refractivity contribution in [1.29, 1.82) is 0 Å². The number of rotatable bonds is 5. The van der Waals surface area contributed by atoms with Gasteiger partial charge in [0.1, 0.15) is 5.76 Å². The second-order valence-corrected chi connectivity index (χ2v) is 6.04. The number of allylic oxidation sites excluding steroid dienone is 8. The molecule has 1 aliphatic heterocycles. The summed E-state index contributed by atoms with van der Waals surface area (Å²) in [4.78, 5) is 13.5. The minimum Gasteiger partial charge on any atom is -0.465 e. The molecule has 118 valence electrons. The first-order chi connectivity index (χ1) is 10.6. The summed E-state index contributed by atoms with van der Waals surface area (Å²) >= 11 is 6.23. The monoisotopic (exact) mass is 319 g/mol. The van der Waals surface area contributed by atoms with Gasteiger partial charge in [0, 0.05) is 25.9 Å². The molecule has 0 radical (unpaired) electrons. The van der Waals surface area contributed by atoms with Gasteiger partial charge in [-0.3, -0.25) is 4.79 Å². The van der Waals surface area contributed by atoms with E-state index in [1.165, 1.54) is 0 Å². The Labute approximate surface area is 137 Å². The van der Waals surface area contributed by atoms with Crippen LogP contribution in [-0.2, 0) is 9.53 Å². The summed E-state index contributed by atoms with van der Waals surface area (Å²) < 4.78 is 5.76. The molecule has 2 atom stereocenters. The van der Waals surface area contributed by atoms with Gasteiger partial charge in [0.15, 0.2) is 0 Å². The molecule has 0 aromatic carbocycles. The summed E-state index contributed by atoms with van der Waals surface area (Å²) in [5.41, 5.74) is 1.05. The van der Waals surface area contributed by atoms with Crippen LogP contribution in [0.25, 0.3) is 0 Å². The molecule has 0 aromatic rings. The van der Waals surface area contributed by atoms with Crippen molar-refractivity contribution in [2.75, 3.05) is 13.6 Å². The van der Waals surface area contributed by atoms with Crippen molar-refractivity contribution < 1.29 is 9.53 Å². The first-order valence-corrected chi connectivity index (χ1v) is 7.97. The number of alkyl halides is 1. The van der Waals surface area contributed by atoms with E-state index < -0.39 is 0 Å². The van der Waals surface area contributed by atoms with Gasteiger partial charge in [0.2, 0.25) is 5.91 Å². The fraction of sp³-hybridized carbons (Fsp3) is 0.389. The number of carbonyl (C=O) groups excluding carboxylic acids is 1. The summed E-state index contributed by atoms with van der Waals surface area (Å²) in [6.45, 7) is 2.69.